The van der Waals surface area contributed by atoms with Gasteiger partial charge in [-0.2, -0.15) is 5.10 Å². The third kappa shape index (κ3) is 4.56. The van der Waals surface area contributed by atoms with Crippen molar-refractivity contribution in [3.63, 3.8) is 0 Å². The lowest BCUT2D eigenvalue weighted by molar-refractivity contribution is -0.121. The second-order valence-corrected chi connectivity index (χ2v) is 7.95. The van der Waals surface area contributed by atoms with Crippen molar-refractivity contribution in [2.24, 2.45) is 0 Å². The highest BCUT2D eigenvalue weighted by Crippen LogP contribution is 2.32. The van der Waals surface area contributed by atoms with E-state index in [0.717, 1.165) is 45.5 Å². The molecule has 0 saturated carbocycles. The second-order valence-electron chi connectivity index (χ2n) is 7.95. The molecule has 168 valence electrons. The van der Waals surface area contributed by atoms with Crippen LogP contribution in [0.1, 0.15) is 41.9 Å². The Morgan fingerprint density at radius 2 is 1.94 bits per heavy atom. The monoisotopic (exact) mass is 435 g/mol. The third-order valence-corrected chi connectivity index (χ3v) is 5.78. The van der Waals surface area contributed by atoms with E-state index >= 15 is 0 Å². The Hall–Kier alpha value is -3.48. The molecule has 2 heterocycles. The van der Waals surface area contributed by atoms with E-state index in [4.69, 9.17) is 14.2 Å². The van der Waals surface area contributed by atoms with Gasteiger partial charge in [-0.05, 0) is 62.6 Å². The largest absolute Gasteiger partial charge is 0.497 e. The predicted molar refractivity (Wildman–Crippen MR) is 122 cm³/mol. The molecule has 0 saturated heterocycles. The van der Waals surface area contributed by atoms with Gasteiger partial charge in [-0.3, -0.25) is 4.79 Å². The van der Waals surface area contributed by atoms with Crippen molar-refractivity contribution in [1.82, 2.24) is 15.1 Å². The lowest BCUT2D eigenvalue weighted by atomic mass is 10.1. The van der Waals surface area contributed by atoms with Gasteiger partial charge in [0.1, 0.15) is 19.0 Å². The molecular weight excluding hydrogens is 406 g/mol. The number of hydrogen-bond acceptors (Lipinski definition) is 5. The average molecular weight is 436 g/mol. The summed E-state index contributed by atoms with van der Waals surface area (Å²) >= 11 is 0. The number of ether oxygens (including phenoxy) is 3. The van der Waals surface area contributed by atoms with E-state index in [0.29, 0.717) is 26.1 Å². The van der Waals surface area contributed by atoms with E-state index in [1.807, 2.05) is 67.9 Å². The van der Waals surface area contributed by atoms with Crippen molar-refractivity contribution in [1.29, 1.82) is 0 Å². The molecule has 7 nitrogen and oxygen atoms in total. The predicted octanol–water partition coefficient (Wildman–Crippen LogP) is 4.08. The van der Waals surface area contributed by atoms with Crippen LogP contribution < -0.4 is 19.5 Å². The Morgan fingerprint density at radius 1 is 1.16 bits per heavy atom. The van der Waals surface area contributed by atoms with Crippen LogP contribution in [-0.4, -0.2) is 36.0 Å². The minimum Gasteiger partial charge on any atom is -0.497 e. The van der Waals surface area contributed by atoms with Gasteiger partial charge >= 0.3 is 0 Å². The average Bonchev–Trinajstić information content (AvgIpc) is 3.10. The number of carbonyl (C=O) groups excluding carboxylic acids is 1. The number of nitrogens with one attached hydrogen (secondary N) is 1. The summed E-state index contributed by atoms with van der Waals surface area (Å²) in [5.74, 6) is 2.26. The number of methoxy groups -OCH3 is 1. The number of fused-ring (bicyclic) bond motifs is 1. The molecule has 32 heavy (non-hydrogen) atoms. The fourth-order valence-electron chi connectivity index (χ4n) is 4.00. The van der Waals surface area contributed by atoms with Crippen molar-refractivity contribution in [3.05, 3.63) is 65.0 Å². The molecule has 4 rings (SSSR count). The van der Waals surface area contributed by atoms with Crippen LogP contribution >= 0.6 is 0 Å². The first kappa shape index (κ1) is 21.7. The highest BCUT2D eigenvalue weighted by atomic mass is 16.6. The van der Waals surface area contributed by atoms with Gasteiger partial charge in [0, 0.05) is 18.2 Å². The van der Waals surface area contributed by atoms with Gasteiger partial charge in [-0.25, -0.2) is 4.68 Å². The molecule has 1 aromatic heterocycles. The van der Waals surface area contributed by atoms with E-state index in [9.17, 15) is 4.79 Å². The van der Waals surface area contributed by atoms with Crippen molar-refractivity contribution < 1.29 is 19.0 Å². The topological polar surface area (TPSA) is 74.6 Å². The number of amides is 1. The van der Waals surface area contributed by atoms with Crippen molar-refractivity contribution in [2.75, 3.05) is 20.3 Å². The van der Waals surface area contributed by atoms with Crippen LogP contribution in [0, 0.1) is 13.8 Å². The lowest BCUT2D eigenvalue weighted by Gasteiger charge is -2.21. The first-order chi connectivity index (χ1) is 15.5. The van der Waals surface area contributed by atoms with Gasteiger partial charge in [0.2, 0.25) is 5.91 Å². The fourth-order valence-corrected chi connectivity index (χ4v) is 4.00. The maximum absolute atomic E-state index is 12.7. The zero-order valence-corrected chi connectivity index (χ0v) is 19.0. The zero-order valence-electron chi connectivity index (χ0n) is 19.0. The summed E-state index contributed by atoms with van der Waals surface area (Å²) in [5, 5.41) is 7.77. The van der Waals surface area contributed by atoms with Crippen LogP contribution in [0.2, 0.25) is 0 Å². The van der Waals surface area contributed by atoms with Crippen LogP contribution in [0.25, 0.3) is 5.69 Å². The number of aryl methyl sites for hydroxylation is 1. The van der Waals surface area contributed by atoms with Crippen LogP contribution in [0.4, 0.5) is 0 Å². The molecule has 3 aromatic rings. The van der Waals surface area contributed by atoms with Gasteiger partial charge in [0.05, 0.1) is 24.5 Å². The van der Waals surface area contributed by atoms with E-state index in [1.54, 1.807) is 7.11 Å². The summed E-state index contributed by atoms with van der Waals surface area (Å²) in [6, 6.07) is 13.5. The first-order valence-corrected chi connectivity index (χ1v) is 10.8. The van der Waals surface area contributed by atoms with Crippen LogP contribution in [0.3, 0.4) is 0 Å². The van der Waals surface area contributed by atoms with Crippen molar-refractivity contribution in [2.45, 2.75) is 39.7 Å². The number of benzene rings is 2. The van der Waals surface area contributed by atoms with Crippen LogP contribution in [0.15, 0.2) is 42.5 Å². The Balaban J connectivity index is 1.40. The molecule has 0 bridgehead atoms. The zero-order chi connectivity index (χ0) is 22.7. The molecule has 1 aliphatic heterocycles. The highest BCUT2D eigenvalue weighted by molar-refractivity contribution is 5.76. The van der Waals surface area contributed by atoms with E-state index < -0.39 is 0 Å². The first-order valence-electron chi connectivity index (χ1n) is 10.8. The normalized spacial score (nSPS) is 13.5. The molecule has 1 amide bonds. The summed E-state index contributed by atoms with van der Waals surface area (Å²) in [6.07, 6.45) is 1.02. The summed E-state index contributed by atoms with van der Waals surface area (Å²) in [4.78, 5) is 12.7. The minimum absolute atomic E-state index is 0.000296. The summed E-state index contributed by atoms with van der Waals surface area (Å²) in [5.41, 5.74) is 4.98. The maximum atomic E-state index is 12.7. The quantitative estimate of drug-likeness (QED) is 0.605. The molecule has 7 heteroatoms. The van der Waals surface area contributed by atoms with Gasteiger partial charge in [0.15, 0.2) is 11.5 Å². The number of nitrogens with zero attached hydrogens (tertiary/aromatic N) is 2. The molecule has 1 atom stereocenters. The molecule has 0 spiro atoms. The van der Waals surface area contributed by atoms with E-state index in [1.165, 1.54) is 0 Å². The van der Waals surface area contributed by atoms with Crippen LogP contribution in [0.5, 0.6) is 17.2 Å². The van der Waals surface area contributed by atoms with Gasteiger partial charge < -0.3 is 19.5 Å². The molecule has 1 aliphatic rings. The summed E-state index contributed by atoms with van der Waals surface area (Å²) < 4.78 is 18.5. The lowest BCUT2D eigenvalue weighted by Crippen LogP contribution is -2.27. The Bertz CT molecular complexity index is 1120. The van der Waals surface area contributed by atoms with Gasteiger partial charge in [-0.1, -0.05) is 12.1 Å². The molecular formula is C25H29N3O4. The molecule has 0 fully saturated rings. The molecule has 0 aliphatic carbocycles. The Morgan fingerprint density at radius 3 is 2.72 bits per heavy atom. The molecule has 1 N–H and O–H groups in total. The highest BCUT2D eigenvalue weighted by Gasteiger charge is 2.18. The third-order valence-electron chi connectivity index (χ3n) is 5.78. The van der Waals surface area contributed by atoms with Crippen molar-refractivity contribution in [3.8, 4) is 22.9 Å². The fraction of sp³-hybridized carbons (Fsp3) is 0.360. The smallest absolute Gasteiger partial charge is 0.220 e. The second kappa shape index (κ2) is 9.34. The standard InChI is InChI=1S/C25H29N3O4/c1-16(19-8-10-23-24(14-19)32-13-12-31-23)26-25(29)11-9-22-17(2)27-28(18(22)3)20-6-5-7-21(15-20)30-4/h5-8,10,14-16H,9,11-13H2,1-4H3,(H,26,29). The summed E-state index contributed by atoms with van der Waals surface area (Å²) in [7, 11) is 1.65. The molecule has 2 aromatic carbocycles. The number of carbonyl (C=O) groups is 1. The number of hydrogen-bond donors (Lipinski definition) is 1. The maximum Gasteiger partial charge on any atom is 0.220 e. The van der Waals surface area contributed by atoms with Gasteiger partial charge in [-0.15, -0.1) is 0 Å². The number of aromatic nitrogens is 2. The Labute approximate surface area is 188 Å². The molecule has 0 radical (unpaired) electrons. The van der Waals surface area contributed by atoms with E-state index in [2.05, 4.69) is 10.4 Å². The Kier molecular flexibility index (Phi) is 6.35. The SMILES string of the molecule is COc1cccc(-n2nc(C)c(CCC(=O)NC(C)c3ccc4c(c3)OCCO4)c2C)c1. The van der Waals surface area contributed by atoms with E-state index in [-0.39, 0.29) is 11.9 Å². The van der Waals surface area contributed by atoms with Gasteiger partial charge in [0.25, 0.3) is 0 Å². The van der Waals surface area contributed by atoms with Crippen molar-refractivity contribution >= 4 is 5.91 Å². The van der Waals surface area contributed by atoms with Crippen LogP contribution in [-0.2, 0) is 11.2 Å². The number of rotatable bonds is 7. The molecule has 1 unspecified atom stereocenters. The summed E-state index contributed by atoms with van der Waals surface area (Å²) in [6.45, 7) is 7.09. The minimum atomic E-state index is -0.125.